The molecule has 0 saturated carbocycles. The number of hydrogen-bond acceptors (Lipinski definition) is 4. The van der Waals surface area contributed by atoms with Crippen molar-refractivity contribution < 1.29 is 0 Å². The molecule has 2 atom stereocenters. The maximum Gasteiger partial charge on any atom is 0.0897 e. The standard InChI is InChI=1S/C15H25N3S/c1-11(2)8-17-6-4-15-14(17)5-7-18(15)9-13-10-19-12(3)16-13/h10-11,14-15H,4-9H2,1-3H3. The summed E-state index contributed by atoms with van der Waals surface area (Å²) in [6.45, 7) is 11.6. The van der Waals surface area contributed by atoms with Crippen LogP contribution < -0.4 is 0 Å². The highest BCUT2D eigenvalue weighted by Crippen LogP contribution is 2.33. The number of fused-ring (bicyclic) bond motifs is 1. The second kappa shape index (κ2) is 5.51. The third kappa shape index (κ3) is 2.86. The Morgan fingerprint density at radius 1 is 1.26 bits per heavy atom. The summed E-state index contributed by atoms with van der Waals surface area (Å²) in [5.41, 5.74) is 1.27. The second-order valence-corrected chi connectivity index (χ2v) is 7.49. The summed E-state index contributed by atoms with van der Waals surface area (Å²) in [6, 6.07) is 1.59. The van der Waals surface area contributed by atoms with Crippen LogP contribution in [-0.4, -0.2) is 46.5 Å². The van der Waals surface area contributed by atoms with Gasteiger partial charge < -0.3 is 0 Å². The first kappa shape index (κ1) is 13.5. The molecule has 2 unspecified atom stereocenters. The molecular weight excluding hydrogens is 254 g/mol. The average Bonchev–Trinajstić information content (AvgIpc) is 3.00. The number of aromatic nitrogens is 1. The van der Waals surface area contributed by atoms with E-state index >= 15 is 0 Å². The minimum Gasteiger partial charge on any atom is -0.298 e. The SMILES string of the molecule is Cc1nc(CN2CCC3C2CCN3CC(C)C)cs1. The summed E-state index contributed by atoms with van der Waals surface area (Å²) in [4.78, 5) is 10.0. The molecule has 2 aliphatic heterocycles. The Balaban J connectivity index is 1.61. The lowest BCUT2D eigenvalue weighted by atomic mass is 10.1. The fraction of sp³-hybridized carbons (Fsp3) is 0.800. The van der Waals surface area contributed by atoms with Crippen molar-refractivity contribution in [3.8, 4) is 0 Å². The van der Waals surface area contributed by atoms with Crippen LogP contribution in [0.15, 0.2) is 5.38 Å². The molecule has 2 aliphatic rings. The lowest BCUT2D eigenvalue weighted by Gasteiger charge is -2.26. The topological polar surface area (TPSA) is 19.4 Å². The van der Waals surface area contributed by atoms with Gasteiger partial charge in [0.2, 0.25) is 0 Å². The molecule has 3 rings (SSSR count). The van der Waals surface area contributed by atoms with Crippen LogP contribution in [0.5, 0.6) is 0 Å². The molecule has 0 N–H and O–H groups in total. The van der Waals surface area contributed by atoms with E-state index < -0.39 is 0 Å². The van der Waals surface area contributed by atoms with E-state index in [1.807, 2.05) is 0 Å². The fourth-order valence-electron chi connectivity index (χ4n) is 3.75. The lowest BCUT2D eigenvalue weighted by molar-refractivity contribution is 0.203. The quantitative estimate of drug-likeness (QED) is 0.845. The van der Waals surface area contributed by atoms with E-state index in [9.17, 15) is 0 Å². The highest BCUT2D eigenvalue weighted by molar-refractivity contribution is 7.09. The Labute approximate surface area is 120 Å². The molecule has 2 saturated heterocycles. The molecule has 3 heterocycles. The first-order valence-electron chi connectivity index (χ1n) is 7.52. The molecule has 0 spiro atoms. The van der Waals surface area contributed by atoms with Gasteiger partial charge >= 0.3 is 0 Å². The molecule has 0 aromatic carbocycles. The predicted molar refractivity (Wildman–Crippen MR) is 80.5 cm³/mol. The Hall–Kier alpha value is -0.450. The fourth-order valence-corrected chi connectivity index (χ4v) is 4.35. The second-order valence-electron chi connectivity index (χ2n) is 6.43. The third-order valence-corrected chi connectivity index (χ3v) is 5.26. The molecule has 0 bridgehead atoms. The molecule has 2 fully saturated rings. The Morgan fingerprint density at radius 2 is 1.95 bits per heavy atom. The van der Waals surface area contributed by atoms with E-state index in [2.05, 4.69) is 40.9 Å². The molecule has 1 aromatic rings. The lowest BCUT2D eigenvalue weighted by Crippen LogP contribution is -2.37. The number of nitrogens with zero attached hydrogens (tertiary/aromatic N) is 3. The van der Waals surface area contributed by atoms with Gasteiger partial charge in [0, 0.05) is 43.6 Å². The van der Waals surface area contributed by atoms with Gasteiger partial charge in [0.15, 0.2) is 0 Å². The molecule has 106 valence electrons. The molecule has 4 heteroatoms. The summed E-state index contributed by atoms with van der Waals surface area (Å²) in [6.07, 6.45) is 2.70. The van der Waals surface area contributed by atoms with Gasteiger partial charge in [-0.05, 0) is 25.7 Å². The zero-order valence-electron chi connectivity index (χ0n) is 12.3. The first-order valence-corrected chi connectivity index (χ1v) is 8.40. The number of hydrogen-bond donors (Lipinski definition) is 0. The molecule has 3 nitrogen and oxygen atoms in total. The zero-order valence-corrected chi connectivity index (χ0v) is 13.1. The smallest absolute Gasteiger partial charge is 0.0897 e. The minimum absolute atomic E-state index is 0.778. The number of thiazole rings is 1. The van der Waals surface area contributed by atoms with E-state index in [1.54, 1.807) is 11.3 Å². The highest BCUT2D eigenvalue weighted by atomic mass is 32.1. The van der Waals surface area contributed by atoms with Gasteiger partial charge in [0.1, 0.15) is 0 Å². The third-order valence-electron chi connectivity index (χ3n) is 4.44. The monoisotopic (exact) mass is 279 g/mol. The van der Waals surface area contributed by atoms with Crippen molar-refractivity contribution in [2.24, 2.45) is 5.92 Å². The van der Waals surface area contributed by atoms with Gasteiger partial charge in [-0.3, -0.25) is 9.80 Å². The van der Waals surface area contributed by atoms with Crippen LogP contribution in [0.4, 0.5) is 0 Å². The van der Waals surface area contributed by atoms with E-state index in [4.69, 9.17) is 0 Å². The van der Waals surface area contributed by atoms with Crippen LogP contribution in [0.3, 0.4) is 0 Å². The highest BCUT2D eigenvalue weighted by Gasteiger charge is 2.42. The van der Waals surface area contributed by atoms with Crippen LogP contribution >= 0.6 is 11.3 Å². The van der Waals surface area contributed by atoms with E-state index in [-0.39, 0.29) is 0 Å². The molecular formula is C15H25N3S. The number of likely N-dealkylation sites (tertiary alicyclic amines) is 2. The zero-order chi connectivity index (χ0) is 13.4. The van der Waals surface area contributed by atoms with E-state index in [1.165, 1.54) is 43.2 Å². The van der Waals surface area contributed by atoms with Crippen LogP contribution in [0, 0.1) is 12.8 Å². The van der Waals surface area contributed by atoms with Crippen molar-refractivity contribution in [3.05, 3.63) is 16.1 Å². The minimum atomic E-state index is 0.778. The van der Waals surface area contributed by atoms with Crippen molar-refractivity contribution in [1.29, 1.82) is 0 Å². The Morgan fingerprint density at radius 3 is 2.58 bits per heavy atom. The molecule has 0 radical (unpaired) electrons. The van der Waals surface area contributed by atoms with Crippen LogP contribution in [0.1, 0.15) is 37.4 Å². The summed E-state index contributed by atoms with van der Waals surface area (Å²) < 4.78 is 0. The molecule has 0 aliphatic carbocycles. The first-order chi connectivity index (χ1) is 9.13. The van der Waals surface area contributed by atoms with E-state index in [0.29, 0.717) is 0 Å². The Bertz CT molecular complexity index is 429. The largest absolute Gasteiger partial charge is 0.298 e. The van der Waals surface area contributed by atoms with Gasteiger partial charge in [0.25, 0.3) is 0 Å². The summed E-state index contributed by atoms with van der Waals surface area (Å²) in [5, 5.41) is 3.42. The van der Waals surface area contributed by atoms with Crippen molar-refractivity contribution in [3.63, 3.8) is 0 Å². The summed E-state index contributed by atoms with van der Waals surface area (Å²) >= 11 is 1.77. The maximum absolute atomic E-state index is 4.62. The van der Waals surface area contributed by atoms with Gasteiger partial charge in [-0.1, -0.05) is 13.8 Å². The molecule has 0 amide bonds. The van der Waals surface area contributed by atoms with Crippen molar-refractivity contribution in [1.82, 2.24) is 14.8 Å². The van der Waals surface area contributed by atoms with Gasteiger partial charge in [-0.2, -0.15) is 0 Å². The van der Waals surface area contributed by atoms with Gasteiger partial charge in [-0.25, -0.2) is 4.98 Å². The molecule has 19 heavy (non-hydrogen) atoms. The van der Waals surface area contributed by atoms with Crippen LogP contribution in [0.25, 0.3) is 0 Å². The Kier molecular flexibility index (Phi) is 3.92. The average molecular weight is 279 g/mol. The van der Waals surface area contributed by atoms with Gasteiger partial charge in [0.05, 0.1) is 10.7 Å². The van der Waals surface area contributed by atoms with Gasteiger partial charge in [-0.15, -0.1) is 11.3 Å². The number of rotatable bonds is 4. The molecule has 1 aromatic heterocycles. The normalized spacial score (nSPS) is 28.4. The van der Waals surface area contributed by atoms with E-state index in [0.717, 1.165) is 24.5 Å². The van der Waals surface area contributed by atoms with Crippen molar-refractivity contribution in [2.75, 3.05) is 19.6 Å². The number of aryl methyl sites for hydroxylation is 1. The predicted octanol–water partition coefficient (Wildman–Crippen LogP) is 2.76. The maximum atomic E-state index is 4.62. The summed E-state index contributed by atoms with van der Waals surface area (Å²) in [5.74, 6) is 0.786. The van der Waals surface area contributed by atoms with Crippen molar-refractivity contribution in [2.45, 2.75) is 52.2 Å². The summed E-state index contributed by atoms with van der Waals surface area (Å²) in [7, 11) is 0. The van der Waals surface area contributed by atoms with Crippen LogP contribution in [-0.2, 0) is 6.54 Å². The van der Waals surface area contributed by atoms with Crippen molar-refractivity contribution >= 4 is 11.3 Å². The van der Waals surface area contributed by atoms with Crippen LogP contribution in [0.2, 0.25) is 0 Å².